The maximum absolute atomic E-state index is 16.4. The highest BCUT2D eigenvalue weighted by molar-refractivity contribution is 9.10. The molecule has 2 fully saturated rings. The molecule has 10 nitrogen and oxygen atoms in total. The van der Waals surface area contributed by atoms with Crippen LogP contribution in [-0.2, 0) is 25.5 Å². The van der Waals surface area contributed by atoms with E-state index < -0.39 is 45.2 Å². The fourth-order valence-corrected chi connectivity index (χ4v) is 7.38. The molecule has 2 aliphatic rings. The number of piperidine rings is 1. The number of ether oxygens (including phenoxy) is 3. The summed E-state index contributed by atoms with van der Waals surface area (Å²) in [6, 6.07) is 6.28. The molecular formula is C34H46BrF2N3O7S. The molecule has 2 amide bonds. The van der Waals surface area contributed by atoms with Gasteiger partial charge in [0.1, 0.15) is 17.1 Å². The minimum Gasteiger partial charge on any atom is -0.493 e. The zero-order valence-corrected chi connectivity index (χ0v) is 30.3. The van der Waals surface area contributed by atoms with Crippen molar-refractivity contribution in [3.63, 3.8) is 0 Å². The molecule has 0 aromatic heterocycles. The van der Waals surface area contributed by atoms with Gasteiger partial charge in [0, 0.05) is 24.7 Å². The molecule has 1 heterocycles. The Labute approximate surface area is 290 Å². The van der Waals surface area contributed by atoms with E-state index in [1.54, 1.807) is 27.7 Å². The van der Waals surface area contributed by atoms with Gasteiger partial charge < -0.3 is 24.4 Å². The van der Waals surface area contributed by atoms with E-state index in [1.165, 1.54) is 41.7 Å². The highest BCUT2D eigenvalue weighted by atomic mass is 79.9. The number of nitrogens with one attached hydrogen (secondary N) is 2. The number of nitrogens with zero attached hydrogens (tertiary/aromatic N) is 1. The summed E-state index contributed by atoms with van der Waals surface area (Å²) in [7, 11) is -4.61. The lowest BCUT2D eigenvalue weighted by molar-refractivity contribution is -0.145. The third kappa shape index (κ3) is 10.3. The Morgan fingerprint density at radius 2 is 1.62 bits per heavy atom. The molecule has 2 aromatic carbocycles. The first-order valence-corrected chi connectivity index (χ1v) is 18.7. The molecule has 1 aliphatic heterocycles. The highest BCUT2D eigenvalue weighted by Gasteiger charge is 2.50. The number of alkyl halides is 2. The fraction of sp³-hybridized carbons (Fsp3) is 0.588. The standard InChI is InChI=1S/C34H46BrF2N3O7S/c1-5-45-29-21-24(11-16-28(29)35)34(36,37)30(31(41)40-19-17-25(18-20-40)38-32(42)47-33(2,3)4)39-48(43,44)27-14-12-26(13-15-27)46-22-23-9-7-6-8-10-23/h11-16,21,23,25,30,39H,5-10,17-20,22H2,1-4H3,(H,38,42). The Morgan fingerprint density at radius 1 is 0.979 bits per heavy atom. The van der Waals surface area contributed by atoms with Crippen molar-refractivity contribution in [1.29, 1.82) is 0 Å². The van der Waals surface area contributed by atoms with Gasteiger partial charge in [0.2, 0.25) is 15.9 Å². The number of rotatable bonds is 12. The number of hydrogen-bond acceptors (Lipinski definition) is 7. The molecule has 266 valence electrons. The van der Waals surface area contributed by atoms with Crippen molar-refractivity contribution in [2.75, 3.05) is 26.3 Å². The first-order chi connectivity index (χ1) is 22.6. The molecule has 0 bridgehead atoms. The summed E-state index contributed by atoms with van der Waals surface area (Å²) in [5.41, 5.74) is -1.29. The maximum Gasteiger partial charge on any atom is 0.407 e. The molecule has 1 aliphatic carbocycles. The van der Waals surface area contributed by atoms with E-state index in [0.29, 0.717) is 22.7 Å². The second-order valence-electron chi connectivity index (χ2n) is 13.3. The number of amides is 2. The van der Waals surface area contributed by atoms with Crippen molar-refractivity contribution in [3.05, 3.63) is 52.5 Å². The lowest BCUT2D eigenvalue weighted by Gasteiger charge is -2.36. The molecule has 1 saturated carbocycles. The van der Waals surface area contributed by atoms with Gasteiger partial charge in [-0.3, -0.25) is 4.79 Å². The second kappa shape index (κ2) is 16.2. The smallest absolute Gasteiger partial charge is 0.407 e. The molecule has 2 aromatic rings. The average Bonchev–Trinajstić information content (AvgIpc) is 3.03. The number of carbonyl (C=O) groups excluding carboxylic acids is 2. The SMILES string of the molecule is CCOc1cc(C(F)(F)C(NS(=O)(=O)c2ccc(OCC3CCCCC3)cc2)C(=O)N2CCC(NC(=O)OC(C)(C)C)CC2)ccc1Br. The third-order valence-corrected chi connectivity index (χ3v) is 10.5. The first kappa shape index (κ1) is 37.8. The second-order valence-corrected chi connectivity index (χ2v) is 15.9. The molecule has 1 unspecified atom stereocenters. The molecule has 1 saturated heterocycles. The maximum atomic E-state index is 16.4. The van der Waals surface area contributed by atoms with E-state index in [0.717, 1.165) is 37.8 Å². The molecular weight excluding hydrogens is 712 g/mol. The lowest BCUT2D eigenvalue weighted by Crippen LogP contribution is -2.58. The molecule has 48 heavy (non-hydrogen) atoms. The molecule has 0 spiro atoms. The topological polar surface area (TPSA) is 123 Å². The zero-order chi connectivity index (χ0) is 35.1. The van der Waals surface area contributed by atoms with Crippen molar-refractivity contribution < 1.29 is 41.0 Å². The predicted octanol–water partition coefficient (Wildman–Crippen LogP) is 6.76. The van der Waals surface area contributed by atoms with Crippen molar-refractivity contribution >= 4 is 38.0 Å². The third-order valence-electron chi connectivity index (χ3n) is 8.37. The van der Waals surface area contributed by atoms with Crippen molar-refractivity contribution in [2.45, 2.75) is 101 Å². The van der Waals surface area contributed by atoms with E-state index >= 15 is 8.78 Å². The van der Waals surface area contributed by atoms with Gasteiger partial charge in [-0.15, -0.1) is 0 Å². The average molecular weight is 759 g/mol. The summed E-state index contributed by atoms with van der Waals surface area (Å²) >= 11 is 3.28. The first-order valence-electron chi connectivity index (χ1n) is 16.4. The van der Waals surface area contributed by atoms with Gasteiger partial charge in [-0.2, -0.15) is 13.5 Å². The monoisotopic (exact) mass is 757 g/mol. The van der Waals surface area contributed by atoms with E-state index in [4.69, 9.17) is 14.2 Å². The van der Waals surface area contributed by atoms with Crippen molar-refractivity contribution in [2.24, 2.45) is 5.92 Å². The van der Waals surface area contributed by atoms with E-state index in [-0.39, 0.29) is 49.2 Å². The zero-order valence-electron chi connectivity index (χ0n) is 27.9. The summed E-state index contributed by atoms with van der Waals surface area (Å²) in [6.45, 7) is 7.67. The Bertz CT molecular complexity index is 1510. The van der Waals surface area contributed by atoms with Crippen LogP contribution in [0.1, 0.15) is 78.2 Å². The summed E-state index contributed by atoms with van der Waals surface area (Å²) in [6.07, 6.45) is 5.64. The molecule has 4 rings (SSSR count). The number of likely N-dealkylation sites (tertiary alicyclic amines) is 1. The van der Waals surface area contributed by atoms with E-state index in [1.807, 2.05) is 4.72 Å². The van der Waals surface area contributed by atoms with Crippen LogP contribution in [0.3, 0.4) is 0 Å². The number of alkyl carbamates (subject to hydrolysis) is 1. The normalized spacial score (nSPS) is 17.4. The summed E-state index contributed by atoms with van der Waals surface area (Å²) < 4.78 is 79.1. The van der Waals surface area contributed by atoms with Gasteiger partial charge in [0.15, 0.2) is 6.04 Å². The highest BCUT2D eigenvalue weighted by Crippen LogP contribution is 2.38. The molecule has 2 N–H and O–H groups in total. The number of carbonyl (C=O) groups is 2. The number of halogens is 3. The van der Waals surface area contributed by atoms with Crippen molar-refractivity contribution in [1.82, 2.24) is 14.9 Å². The number of sulfonamides is 1. The van der Waals surface area contributed by atoms with E-state index in [2.05, 4.69) is 21.2 Å². The quantitative estimate of drug-likeness (QED) is 0.245. The Morgan fingerprint density at radius 3 is 2.23 bits per heavy atom. The Hall–Kier alpha value is -2.97. The number of hydrogen-bond donors (Lipinski definition) is 2. The largest absolute Gasteiger partial charge is 0.493 e. The van der Waals surface area contributed by atoms with Crippen LogP contribution in [0.15, 0.2) is 51.8 Å². The van der Waals surface area contributed by atoms with Crippen LogP contribution < -0.4 is 19.5 Å². The molecule has 0 radical (unpaired) electrons. The van der Waals surface area contributed by atoms with Crippen LogP contribution in [0, 0.1) is 5.92 Å². The van der Waals surface area contributed by atoms with Crippen LogP contribution in [0.2, 0.25) is 0 Å². The lowest BCUT2D eigenvalue weighted by atomic mass is 9.90. The molecule has 1 atom stereocenters. The van der Waals surface area contributed by atoms with Crippen LogP contribution in [0.25, 0.3) is 0 Å². The Kier molecular flexibility index (Phi) is 12.7. The number of benzene rings is 2. The molecule has 14 heteroatoms. The predicted molar refractivity (Wildman–Crippen MR) is 181 cm³/mol. The summed E-state index contributed by atoms with van der Waals surface area (Å²) in [4.78, 5) is 27.0. The van der Waals surface area contributed by atoms with Gasteiger partial charge in [-0.05, 0) is 112 Å². The van der Waals surface area contributed by atoms with Crippen LogP contribution in [0.4, 0.5) is 13.6 Å². The van der Waals surface area contributed by atoms with Gasteiger partial charge in [-0.25, -0.2) is 13.2 Å². The van der Waals surface area contributed by atoms with Crippen LogP contribution >= 0.6 is 15.9 Å². The van der Waals surface area contributed by atoms with E-state index in [9.17, 15) is 18.0 Å². The fourth-order valence-electron chi connectivity index (χ4n) is 5.83. The van der Waals surface area contributed by atoms with Gasteiger partial charge in [0.05, 0.1) is 22.6 Å². The summed E-state index contributed by atoms with van der Waals surface area (Å²) in [5, 5.41) is 2.75. The van der Waals surface area contributed by atoms with Crippen LogP contribution in [-0.4, -0.2) is 69.3 Å². The minimum absolute atomic E-state index is 0.0190. The van der Waals surface area contributed by atoms with Crippen LogP contribution in [0.5, 0.6) is 11.5 Å². The summed E-state index contributed by atoms with van der Waals surface area (Å²) in [5.74, 6) is -4.03. The Balaban J connectivity index is 1.54. The van der Waals surface area contributed by atoms with Crippen molar-refractivity contribution in [3.8, 4) is 11.5 Å². The van der Waals surface area contributed by atoms with Gasteiger partial charge >= 0.3 is 6.09 Å². The minimum atomic E-state index is -4.61. The van der Waals surface area contributed by atoms with Gasteiger partial charge in [-0.1, -0.05) is 25.3 Å². The van der Waals surface area contributed by atoms with Gasteiger partial charge in [0.25, 0.3) is 5.92 Å².